The Morgan fingerprint density at radius 1 is 1.37 bits per heavy atom. The van der Waals surface area contributed by atoms with Crippen LogP contribution in [-0.2, 0) is 0 Å². The van der Waals surface area contributed by atoms with E-state index < -0.39 is 0 Å². The Labute approximate surface area is 176 Å². The van der Waals surface area contributed by atoms with Crippen molar-refractivity contribution in [1.29, 1.82) is 0 Å². The van der Waals surface area contributed by atoms with Gasteiger partial charge in [-0.15, -0.1) is 0 Å². The lowest BCUT2D eigenvalue weighted by Gasteiger charge is -2.25. The molecule has 1 aliphatic carbocycles. The highest BCUT2D eigenvalue weighted by atomic mass is 16.1. The molecule has 30 heavy (non-hydrogen) atoms. The number of hydrogen-bond acceptors (Lipinski definition) is 5. The summed E-state index contributed by atoms with van der Waals surface area (Å²) in [4.78, 5) is 28.0. The summed E-state index contributed by atoms with van der Waals surface area (Å²) in [6.07, 6.45) is 6.73. The summed E-state index contributed by atoms with van der Waals surface area (Å²) in [5.74, 6) is 1.26. The summed E-state index contributed by atoms with van der Waals surface area (Å²) < 4.78 is 0. The smallest absolute Gasteiger partial charge is 0.254 e. The number of nitrogens with zero attached hydrogens (tertiary/aromatic N) is 3. The first-order chi connectivity index (χ1) is 14.4. The Balaban J connectivity index is 1.61. The molecule has 1 saturated heterocycles. The van der Waals surface area contributed by atoms with Crippen molar-refractivity contribution in [2.24, 2.45) is 11.7 Å². The summed E-state index contributed by atoms with van der Waals surface area (Å²) in [5, 5.41) is 3.09. The molecule has 1 aromatic carbocycles. The quantitative estimate of drug-likeness (QED) is 0.607. The molecule has 3 aromatic rings. The molecule has 0 unspecified atom stereocenters. The van der Waals surface area contributed by atoms with Crippen molar-refractivity contribution in [3.05, 3.63) is 41.7 Å². The number of benzene rings is 1. The van der Waals surface area contributed by atoms with E-state index in [-0.39, 0.29) is 11.4 Å². The van der Waals surface area contributed by atoms with E-state index in [0.29, 0.717) is 18.0 Å². The first-order valence-corrected chi connectivity index (χ1v) is 10.7. The number of pyridine rings is 1. The second-order valence-corrected chi connectivity index (χ2v) is 9.12. The van der Waals surface area contributed by atoms with Gasteiger partial charge in [-0.1, -0.05) is 12.1 Å². The van der Waals surface area contributed by atoms with Gasteiger partial charge in [-0.3, -0.25) is 9.78 Å². The number of carbonyl (C=O) groups excluding carboxylic acids is 1. The van der Waals surface area contributed by atoms with Crippen LogP contribution in [0.15, 0.2) is 30.6 Å². The number of aryl methyl sites for hydroxylation is 1. The number of imidazole rings is 1. The van der Waals surface area contributed by atoms with Gasteiger partial charge >= 0.3 is 0 Å². The molecule has 2 aliphatic rings. The topological polar surface area (TPSA) is 99.9 Å². The zero-order valence-electron chi connectivity index (χ0n) is 17.5. The SMILES string of the molecule is Cc1cccc2[nH]c(-c3cncc(C(=O)NCC4CC4)c3N3CC[C@](C)(N)C3)nc12. The summed E-state index contributed by atoms with van der Waals surface area (Å²) in [7, 11) is 0. The van der Waals surface area contributed by atoms with Crippen LogP contribution in [0.4, 0.5) is 5.69 Å². The van der Waals surface area contributed by atoms with Gasteiger partial charge in [0.15, 0.2) is 0 Å². The Kier molecular flexibility index (Phi) is 4.50. The van der Waals surface area contributed by atoms with Crippen LogP contribution in [0.5, 0.6) is 0 Å². The molecule has 7 heteroatoms. The maximum Gasteiger partial charge on any atom is 0.254 e. The third-order valence-electron chi connectivity index (χ3n) is 6.20. The molecule has 5 rings (SSSR count). The lowest BCUT2D eigenvalue weighted by molar-refractivity contribution is 0.0952. The highest BCUT2D eigenvalue weighted by Crippen LogP contribution is 2.37. The minimum absolute atomic E-state index is 0.0795. The van der Waals surface area contributed by atoms with Gasteiger partial charge in [-0.25, -0.2) is 4.98 Å². The van der Waals surface area contributed by atoms with Gasteiger partial charge in [0.05, 0.1) is 27.8 Å². The Bertz CT molecular complexity index is 1110. The second kappa shape index (κ2) is 7.09. The van der Waals surface area contributed by atoms with E-state index >= 15 is 0 Å². The van der Waals surface area contributed by atoms with E-state index in [1.807, 2.05) is 25.1 Å². The fourth-order valence-electron chi connectivity index (χ4n) is 4.27. The van der Waals surface area contributed by atoms with Crippen LogP contribution < -0.4 is 16.0 Å². The predicted molar refractivity (Wildman–Crippen MR) is 119 cm³/mol. The number of rotatable bonds is 5. The number of fused-ring (bicyclic) bond motifs is 1. The number of carbonyl (C=O) groups is 1. The summed E-state index contributed by atoms with van der Waals surface area (Å²) in [6.45, 7) is 6.32. The molecule has 2 aromatic heterocycles. The van der Waals surface area contributed by atoms with Crippen molar-refractivity contribution < 1.29 is 4.79 Å². The number of H-pyrrole nitrogens is 1. The normalized spacial score (nSPS) is 21.4. The maximum atomic E-state index is 13.1. The van der Waals surface area contributed by atoms with Gasteiger partial charge in [-0.05, 0) is 50.7 Å². The minimum Gasteiger partial charge on any atom is -0.368 e. The number of nitrogens with one attached hydrogen (secondary N) is 2. The van der Waals surface area contributed by atoms with Crippen LogP contribution in [0.2, 0.25) is 0 Å². The van der Waals surface area contributed by atoms with Gasteiger partial charge in [0, 0.05) is 37.6 Å². The van der Waals surface area contributed by atoms with Crippen molar-refractivity contribution in [2.75, 3.05) is 24.5 Å². The van der Waals surface area contributed by atoms with E-state index in [4.69, 9.17) is 10.7 Å². The molecule has 4 N–H and O–H groups in total. The summed E-state index contributed by atoms with van der Waals surface area (Å²) >= 11 is 0. The number of anilines is 1. The van der Waals surface area contributed by atoms with Crippen LogP contribution in [0.1, 0.15) is 42.1 Å². The molecule has 0 bridgehead atoms. The third-order valence-corrected chi connectivity index (χ3v) is 6.20. The van der Waals surface area contributed by atoms with Gasteiger partial charge < -0.3 is 20.9 Å². The van der Waals surface area contributed by atoms with Gasteiger partial charge in [0.2, 0.25) is 0 Å². The molecular weight excluding hydrogens is 376 g/mol. The maximum absolute atomic E-state index is 13.1. The molecule has 1 saturated carbocycles. The molecule has 156 valence electrons. The van der Waals surface area contributed by atoms with E-state index in [1.54, 1.807) is 12.4 Å². The minimum atomic E-state index is -0.285. The van der Waals surface area contributed by atoms with Crippen LogP contribution in [0, 0.1) is 12.8 Å². The average molecular weight is 405 g/mol. The third kappa shape index (κ3) is 3.54. The lowest BCUT2D eigenvalue weighted by Crippen LogP contribution is -2.39. The fraction of sp³-hybridized carbons (Fsp3) is 0.435. The highest BCUT2D eigenvalue weighted by molar-refractivity contribution is 6.03. The van der Waals surface area contributed by atoms with Gasteiger partial charge in [0.25, 0.3) is 5.91 Å². The van der Waals surface area contributed by atoms with Crippen LogP contribution >= 0.6 is 0 Å². The highest BCUT2D eigenvalue weighted by Gasteiger charge is 2.34. The Morgan fingerprint density at radius 2 is 2.20 bits per heavy atom. The molecule has 2 fully saturated rings. The first kappa shape index (κ1) is 19.1. The Hall–Kier alpha value is -2.93. The molecule has 1 aliphatic heterocycles. The monoisotopic (exact) mass is 404 g/mol. The largest absolute Gasteiger partial charge is 0.368 e. The molecule has 1 amide bonds. The predicted octanol–water partition coefficient (Wildman–Crippen LogP) is 3.00. The first-order valence-electron chi connectivity index (χ1n) is 10.7. The molecular formula is C23H28N6O. The molecule has 3 heterocycles. The van der Waals surface area contributed by atoms with Crippen LogP contribution in [-0.4, -0.2) is 46.0 Å². The summed E-state index contributed by atoms with van der Waals surface area (Å²) in [6, 6.07) is 6.08. The number of aromatic amines is 1. The molecule has 0 spiro atoms. The number of aromatic nitrogens is 3. The summed E-state index contributed by atoms with van der Waals surface area (Å²) in [5.41, 5.74) is 11.5. The van der Waals surface area contributed by atoms with E-state index in [2.05, 4.69) is 27.1 Å². The second-order valence-electron chi connectivity index (χ2n) is 9.12. The number of para-hydroxylation sites is 1. The van der Waals surface area contributed by atoms with Crippen molar-refractivity contribution in [3.8, 4) is 11.4 Å². The number of amides is 1. The average Bonchev–Trinajstić information content (AvgIpc) is 3.33. The van der Waals surface area contributed by atoms with Gasteiger partial charge in [-0.2, -0.15) is 0 Å². The zero-order valence-corrected chi connectivity index (χ0v) is 17.5. The molecule has 0 radical (unpaired) electrons. The standard InChI is InChI=1S/C23H28N6O/c1-14-4-3-5-18-19(14)28-21(27-18)16-11-25-12-17(22(30)26-10-15-6-7-15)20(16)29-9-8-23(2,24)13-29/h3-5,11-12,15H,6-10,13,24H2,1-2H3,(H,26,30)(H,27,28)/t23-/m0/s1. The number of hydrogen-bond donors (Lipinski definition) is 3. The zero-order chi connectivity index (χ0) is 20.9. The van der Waals surface area contributed by atoms with Gasteiger partial charge in [0.1, 0.15) is 5.82 Å². The van der Waals surface area contributed by atoms with Crippen molar-refractivity contribution in [3.63, 3.8) is 0 Å². The Morgan fingerprint density at radius 3 is 2.90 bits per heavy atom. The fourth-order valence-corrected chi connectivity index (χ4v) is 4.27. The van der Waals surface area contributed by atoms with Crippen molar-refractivity contribution >= 4 is 22.6 Å². The van der Waals surface area contributed by atoms with E-state index in [0.717, 1.165) is 53.2 Å². The van der Waals surface area contributed by atoms with Crippen molar-refractivity contribution in [1.82, 2.24) is 20.3 Å². The number of nitrogens with two attached hydrogens (primary N) is 1. The van der Waals surface area contributed by atoms with E-state index in [9.17, 15) is 4.79 Å². The lowest BCUT2D eigenvalue weighted by atomic mass is 10.0. The van der Waals surface area contributed by atoms with Crippen LogP contribution in [0.3, 0.4) is 0 Å². The molecule has 7 nitrogen and oxygen atoms in total. The molecule has 1 atom stereocenters. The van der Waals surface area contributed by atoms with Crippen LogP contribution in [0.25, 0.3) is 22.4 Å². The van der Waals surface area contributed by atoms with E-state index in [1.165, 1.54) is 12.8 Å². The van der Waals surface area contributed by atoms with Crippen molar-refractivity contribution in [2.45, 2.75) is 38.6 Å².